The molecule has 0 bridgehead atoms. The number of hydrogen-bond acceptors (Lipinski definition) is 2. The molecule has 1 heterocycles. The third kappa shape index (κ3) is 2.50. The molecule has 0 fully saturated rings. The van der Waals surface area contributed by atoms with Crippen LogP contribution in [0.3, 0.4) is 0 Å². The summed E-state index contributed by atoms with van der Waals surface area (Å²) in [7, 11) is 0. The van der Waals surface area contributed by atoms with Crippen molar-refractivity contribution >= 4 is 16.7 Å². The predicted octanol–water partition coefficient (Wildman–Crippen LogP) is 5.06. The monoisotopic (exact) mass is 294 g/mol. The summed E-state index contributed by atoms with van der Waals surface area (Å²) in [6, 6.07) is 13.8. The minimum Gasteiger partial charge on any atom is -0.475 e. The molecule has 0 aliphatic rings. The van der Waals surface area contributed by atoms with E-state index in [1.165, 1.54) is 5.56 Å². The Morgan fingerprint density at radius 2 is 1.82 bits per heavy atom. The maximum atomic E-state index is 11.4. The van der Waals surface area contributed by atoms with Crippen molar-refractivity contribution in [1.82, 2.24) is 0 Å². The van der Waals surface area contributed by atoms with Crippen molar-refractivity contribution in [1.29, 1.82) is 0 Å². The van der Waals surface area contributed by atoms with Crippen LogP contribution in [0.15, 0.2) is 46.9 Å². The Bertz CT molecular complexity index is 826. The van der Waals surface area contributed by atoms with Crippen LogP contribution in [0.25, 0.3) is 22.1 Å². The van der Waals surface area contributed by atoms with Crippen LogP contribution in [0, 0.1) is 6.92 Å². The van der Waals surface area contributed by atoms with Crippen molar-refractivity contribution in [3.8, 4) is 11.3 Å². The van der Waals surface area contributed by atoms with E-state index in [1.54, 1.807) is 0 Å². The molecule has 0 saturated heterocycles. The number of aryl methyl sites for hydroxylation is 2. The van der Waals surface area contributed by atoms with Crippen molar-refractivity contribution < 1.29 is 14.3 Å². The van der Waals surface area contributed by atoms with Gasteiger partial charge in [-0.2, -0.15) is 0 Å². The van der Waals surface area contributed by atoms with Crippen LogP contribution in [0.2, 0.25) is 0 Å². The van der Waals surface area contributed by atoms with Gasteiger partial charge in [0.15, 0.2) is 0 Å². The molecule has 0 atom stereocenters. The molecule has 3 aromatic rings. The molecule has 0 saturated carbocycles. The van der Waals surface area contributed by atoms with Gasteiger partial charge < -0.3 is 9.52 Å². The third-order valence-electron chi connectivity index (χ3n) is 3.82. The highest BCUT2D eigenvalue weighted by Crippen LogP contribution is 2.34. The first-order valence-corrected chi connectivity index (χ1v) is 7.46. The first-order chi connectivity index (χ1) is 10.6. The summed E-state index contributed by atoms with van der Waals surface area (Å²) in [6.07, 6.45) is 2.14. The van der Waals surface area contributed by atoms with Crippen molar-refractivity contribution in [2.45, 2.75) is 26.7 Å². The van der Waals surface area contributed by atoms with Crippen molar-refractivity contribution in [2.75, 3.05) is 0 Å². The molecule has 0 aliphatic carbocycles. The molecule has 0 aliphatic heterocycles. The fourth-order valence-electron chi connectivity index (χ4n) is 2.74. The molecule has 22 heavy (non-hydrogen) atoms. The second-order valence-corrected chi connectivity index (χ2v) is 5.56. The van der Waals surface area contributed by atoms with Crippen LogP contribution >= 0.6 is 0 Å². The quantitative estimate of drug-likeness (QED) is 0.731. The van der Waals surface area contributed by atoms with E-state index in [2.05, 4.69) is 19.1 Å². The number of benzene rings is 2. The molecule has 0 amide bonds. The zero-order chi connectivity index (χ0) is 15.7. The fraction of sp³-hybridized carbons (Fsp3) is 0.211. The van der Waals surface area contributed by atoms with Crippen LogP contribution in [-0.4, -0.2) is 11.1 Å². The maximum Gasteiger partial charge on any atom is 0.372 e. The van der Waals surface area contributed by atoms with Gasteiger partial charge >= 0.3 is 5.97 Å². The average molecular weight is 294 g/mol. The molecule has 1 aromatic heterocycles. The summed E-state index contributed by atoms with van der Waals surface area (Å²) >= 11 is 0. The van der Waals surface area contributed by atoms with E-state index < -0.39 is 5.97 Å². The minimum atomic E-state index is -1.04. The van der Waals surface area contributed by atoms with Crippen molar-refractivity contribution in [2.24, 2.45) is 0 Å². The molecular weight excluding hydrogens is 276 g/mol. The lowest BCUT2D eigenvalue weighted by molar-refractivity contribution is 0.0666. The number of aromatic carboxylic acids is 1. The molecule has 112 valence electrons. The van der Waals surface area contributed by atoms with Gasteiger partial charge in [-0.3, -0.25) is 0 Å². The number of carboxylic acid groups (broad SMARTS) is 1. The van der Waals surface area contributed by atoms with Crippen molar-refractivity contribution in [3.05, 3.63) is 59.4 Å². The van der Waals surface area contributed by atoms with E-state index in [-0.39, 0.29) is 5.76 Å². The van der Waals surface area contributed by atoms with E-state index in [0.717, 1.165) is 29.4 Å². The highest BCUT2D eigenvalue weighted by Gasteiger charge is 2.19. The van der Waals surface area contributed by atoms with E-state index in [0.29, 0.717) is 11.1 Å². The average Bonchev–Trinajstić information content (AvgIpc) is 2.87. The summed E-state index contributed by atoms with van der Waals surface area (Å²) in [5, 5.41) is 10.8. The number of furan rings is 1. The van der Waals surface area contributed by atoms with Crippen LogP contribution < -0.4 is 0 Å². The van der Waals surface area contributed by atoms with Gasteiger partial charge in [0.05, 0.1) is 0 Å². The lowest BCUT2D eigenvalue weighted by Gasteiger charge is -2.02. The summed E-state index contributed by atoms with van der Waals surface area (Å²) in [5.41, 5.74) is 3.26. The molecule has 3 nitrogen and oxygen atoms in total. The summed E-state index contributed by atoms with van der Waals surface area (Å²) in [5.74, 6) is -0.413. The largest absolute Gasteiger partial charge is 0.475 e. The van der Waals surface area contributed by atoms with Crippen LogP contribution in [-0.2, 0) is 6.42 Å². The Balaban J connectivity index is 2.17. The molecular formula is C19H18O3. The third-order valence-corrected chi connectivity index (χ3v) is 3.82. The van der Waals surface area contributed by atoms with Gasteiger partial charge in [0, 0.05) is 16.3 Å². The van der Waals surface area contributed by atoms with Crippen molar-refractivity contribution in [3.63, 3.8) is 0 Å². The number of hydrogen-bond donors (Lipinski definition) is 1. The number of carboxylic acids is 1. The van der Waals surface area contributed by atoms with Gasteiger partial charge in [0.25, 0.3) is 0 Å². The summed E-state index contributed by atoms with van der Waals surface area (Å²) in [4.78, 5) is 11.4. The SMILES string of the molecule is CCCc1ccc(-c2oc(C(=O)O)c3ccc(C)cc23)cc1. The lowest BCUT2D eigenvalue weighted by Crippen LogP contribution is -1.93. The molecule has 3 heteroatoms. The van der Waals surface area contributed by atoms with Crippen LogP contribution in [0.4, 0.5) is 0 Å². The standard InChI is InChI=1S/C19H18O3/c1-3-4-13-6-8-14(9-7-13)17-16-11-12(2)5-10-15(16)18(22-17)19(20)21/h5-11H,3-4H2,1-2H3,(H,20,21). The van der Waals surface area contributed by atoms with E-state index in [9.17, 15) is 9.90 Å². The molecule has 1 N–H and O–H groups in total. The zero-order valence-corrected chi connectivity index (χ0v) is 12.7. The van der Waals surface area contributed by atoms with Gasteiger partial charge in [-0.15, -0.1) is 0 Å². The minimum absolute atomic E-state index is 0.00244. The normalized spacial score (nSPS) is 11.0. The molecule has 3 rings (SSSR count). The Hall–Kier alpha value is -2.55. The Labute approximate surface area is 129 Å². The van der Waals surface area contributed by atoms with Crippen LogP contribution in [0.5, 0.6) is 0 Å². The molecule has 0 unspecified atom stereocenters. The first kappa shape index (κ1) is 14.4. The molecule has 2 aromatic carbocycles. The highest BCUT2D eigenvalue weighted by atomic mass is 16.4. The van der Waals surface area contributed by atoms with Gasteiger partial charge in [-0.1, -0.05) is 49.2 Å². The Morgan fingerprint density at radius 1 is 1.09 bits per heavy atom. The maximum absolute atomic E-state index is 11.4. The summed E-state index contributed by atoms with van der Waals surface area (Å²) in [6.45, 7) is 4.14. The number of carbonyl (C=O) groups is 1. The smallest absolute Gasteiger partial charge is 0.372 e. The highest BCUT2D eigenvalue weighted by molar-refractivity contribution is 6.06. The van der Waals surface area contributed by atoms with Gasteiger partial charge in [-0.25, -0.2) is 4.79 Å². The van der Waals surface area contributed by atoms with E-state index in [4.69, 9.17) is 4.42 Å². The van der Waals surface area contributed by atoms with Gasteiger partial charge in [-0.05, 0) is 31.0 Å². The second-order valence-electron chi connectivity index (χ2n) is 5.56. The topological polar surface area (TPSA) is 50.4 Å². The number of fused-ring (bicyclic) bond motifs is 1. The van der Waals surface area contributed by atoms with E-state index >= 15 is 0 Å². The Kier molecular flexibility index (Phi) is 3.72. The number of rotatable bonds is 4. The Morgan fingerprint density at radius 3 is 2.45 bits per heavy atom. The first-order valence-electron chi connectivity index (χ1n) is 7.46. The second kappa shape index (κ2) is 5.68. The van der Waals surface area contributed by atoms with Crippen LogP contribution in [0.1, 0.15) is 35.0 Å². The van der Waals surface area contributed by atoms with E-state index in [1.807, 2.05) is 37.3 Å². The zero-order valence-electron chi connectivity index (χ0n) is 12.7. The molecule has 0 radical (unpaired) electrons. The summed E-state index contributed by atoms with van der Waals surface area (Å²) < 4.78 is 5.67. The fourth-order valence-corrected chi connectivity index (χ4v) is 2.74. The van der Waals surface area contributed by atoms with Gasteiger partial charge in [0.2, 0.25) is 5.76 Å². The lowest BCUT2D eigenvalue weighted by atomic mass is 10.0. The predicted molar refractivity (Wildman–Crippen MR) is 87.3 cm³/mol. The van der Waals surface area contributed by atoms with Gasteiger partial charge in [0.1, 0.15) is 5.76 Å². The molecule has 0 spiro atoms.